The lowest BCUT2D eigenvalue weighted by atomic mass is 9.96. The second-order valence-corrected chi connectivity index (χ2v) is 6.10. The van der Waals surface area contributed by atoms with Gasteiger partial charge < -0.3 is 0 Å². The average molecular weight is 348 g/mol. The summed E-state index contributed by atoms with van der Waals surface area (Å²) in [5, 5.41) is 20.1. The van der Waals surface area contributed by atoms with Gasteiger partial charge in [-0.15, -0.1) is 10.2 Å². The van der Waals surface area contributed by atoms with Gasteiger partial charge in [0.15, 0.2) is 5.82 Å². The standard InChI is InChI=1S/C18H18N6.C2H6/c1-11-7-8-13(12(2)9-11)14-5-4-6-15-16(24(3)21-18(14)15)10-17-19-22-23-20-17;1-2/h4-9H,10H2,1-3H3,(H,19,20,22,23);1-2H3. The van der Waals surface area contributed by atoms with Crippen molar-refractivity contribution in [1.29, 1.82) is 0 Å². The zero-order chi connectivity index (χ0) is 18.7. The molecule has 6 nitrogen and oxygen atoms in total. The van der Waals surface area contributed by atoms with E-state index in [4.69, 9.17) is 5.10 Å². The van der Waals surface area contributed by atoms with Crippen LogP contribution in [0.5, 0.6) is 0 Å². The molecule has 0 saturated heterocycles. The molecule has 0 bridgehead atoms. The Hall–Kier alpha value is -3.02. The highest BCUT2D eigenvalue weighted by Gasteiger charge is 2.16. The summed E-state index contributed by atoms with van der Waals surface area (Å²) in [5.41, 5.74) is 6.98. The molecular formula is C20H24N6. The van der Waals surface area contributed by atoms with E-state index in [0.717, 1.165) is 22.2 Å². The Kier molecular flexibility index (Phi) is 5.11. The van der Waals surface area contributed by atoms with Gasteiger partial charge in [0.25, 0.3) is 0 Å². The number of aromatic amines is 1. The predicted molar refractivity (Wildman–Crippen MR) is 104 cm³/mol. The van der Waals surface area contributed by atoms with Crippen LogP contribution in [0.1, 0.15) is 36.5 Å². The Balaban J connectivity index is 0.000000948. The van der Waals surface area contributed by atoms with Gasteiger partial charge in [-0.05, 0) is 25.0 Å². The van der Waals surface area contributed by atoms with Crippen LogP contribution in [0.2, 0.25) is 0 Å². The number of nitrogens with zero attached hydrogens (tertiary/aromatic N) is 5. The maximum absolute atomic E-state index is 4.76. The molecule has 0 aliphatic carbocycles. The van der Waals surface area contributed by atoms with Crippen LogP contribution >= 0.6 is 0 Å². The van der Waals surface area contributed by atoms with Crippen molar-refractivity contribution < 1.29 is 0 Å². The van der Waals surface area contributed by atoms with Crippen LogP contribution in [0.15, 0.2) is 36.4 Å². The van der Waals surface area contributed by atoms with E-state index >= 15 is 0 Å². The Morgan fingerprint density at radius 3 is 2.54 bits per heavy atom. The quantitative estimate of drug-likeness (QED) is 0.608. The minimum Gasteiger partial charge on any atom is -0.271 e. The molecule has 0 amide bonds. The van der Waals surface area contributed by atoms with Crippen molar-refractivity contribution in [2.24, 2.45) is 7.05 Å². The first kappa shape index (κ1) is 17.8. The molecule has 26 heavy (non-hydrogen) atoms. The third kappa shape index (κ3) is 3.22. The number of rotatable bonds is 3. The van der Waals surface area contributed by atoms with Crippen molar-refractivity contribution in [2.45, 2.75) is 34.1 Å². The fraction of sp³-hybridized carbons (Fsp3) is 0.300. The SMILES string of the molecule is CC.Cc1ccc(-c2cccc3c(Cc4nn[nH]n4)n(C)nc23)c(C)c1. The molecule has 0 saturated carbocycles. The molecule has 0 atom stereocenters. The van der Waals surface area contributed by atoms with Crippen LogP contribution in [0.25, 0.3) is 22.0 Å². The fourth-order valence-corrected chi connectivity index (χ4v) is 3.22. The average Bonchev–Trinajstić information content (AvgIpc) is 3.26. The van der Waals surface area contributed by atoms with Gasteiger partial charge in [-0.2, -0.15) is 10.3 Å². The lowest BCUT2D eigenvalue weighted by Crippen LogP contribution is -2.00. The number of aromatic nitrogens is 6. The molecule has 0 spiro atoms. The van der Waals surface area contributed by atoms with Crippen LogP contribution in [-0.2, 0) is 13.5 Å². The molecule has 134 valence electrons. The lowest BCUT2D eigenvalue weighted by molar-refractivity contribution is 0.725. The number of hydrogen-bond donors (Lipinski definition) is 1. The minimum absolute atomic E-state index is 0.597. The zero-order valence-corrected chi connectivity index (χ0v) is 15.9. The molecule has 1 N–H and O–H groups in total. The number of hydrogen-bond acceptors (Lipinski definition) is 4. The monoisotopic (exact) mass is 348 g/mol. The number of fused-ring (bicyclic) bond motifs is 1. The molecule has 0 fully saturated rings. The number of tetrazole rings is 1. The minimum atomic E-state index is 0.597. The first-order valence-corrected chi connectivity index (χ1v) is 8.88. The molecule has 2 aromatic carbocycles. The summed E-state index contributed by atoms with van der Waals surface area (Å²) in [7, 11) is 1.96. The fourth-order valence-electron chi connectivity index (χ4n) is 3.22. The molecular weight excluding hydrogens is 324 g/mol. The van der Waals surface area contributed by atoms with Crippen molar-refractivity contribution in [2.75, 3.05) is 0 Å². The first-order chi connectivity index (χ1) is 12.6. The molecule has 0 unspecified atom stereocenters. The predicted octanol–water partition coefficient (Wildman–Crippen LogP) is 3.99. The third-order valence-corrected chi connectivity index (χ3v) is 4.37. The van der Waals surface area contributed by atoms with Crippen LogP contribution in [0.3, 0.4) is 0 Å². The maximum Gasteiger partial charge on any atom is 0.180 e. The van der Waals surface area contributed by atoms with Crippen molar-refractivity contribution in [3.05, 3.63) is 59.0 Å². The number of aryl methyl sites for hydroxylation is 3. The highest BCUT2D eigenvalue weighted by Crippen LogP contribution is 2.32. The van der Waals surface area contributed by atoms with Crippen molar-refractivity contribution in [3.8, 4) is 11.1 Å². The lowest BCUT2D eigenvalue weighted by Gasteiger charge is -2.08. The van der Waals surface area contributed by atoms with Gasteiger partial charge in [-0.25, -0.2) is 0 Å². The van der Waals surface area contributed by atoms with E-state index in [0.29, 0.717) is 12.2 Å². The summed E-state index contributed by atoms with van der Waals surface area (Å²) < 4.78 is 1.91. The van der Waals surface area contributed by atoms with E-state index in [2.05, 4.69) is 70.9 Å². The van der Waals surface area contributed by atoms with Crippen LogP contribution in [0.4, 0.5) is 0 Å². The molecule has 4 aromatic rings. The van der Waals surface area contributed by atoms with E-state index in [9.17, 15) is 0 Å². The van der Waals surface area contributed by atoms with Crippen molar-refractivity contribution in [3.63, 3.8) is 0 Å². The highest BCUT2D eigenvalue weighted by molar-refractivity contribution is 5.96. The first-order valence-electron chi connectivity index (χ1n) is 8.88. The van der Waals surface area contributed by atoms with Gasteiger partial charge in [-0.3, -0.25) is 4.68 Å². The van der Waals surface area contributed by atoms with Gasteiger partial charge in [0.05, 0.1) is 12.1 Å². The summed E-state index contributed by atoms with van der Waals surface area (Å²) in [4.78, 5) is 0. The second kappa shape index (κ2) is 7.47. The number of benzene rings is 2. The summed E-state index contributed by atoms with van der Waals surface area (Å²) in [6, 6.07) is 12.8. The van der Waals surface area contributed by atoms with Gasteiger partial charge in [-0.1, -0.05) is 61.0 Å². The van der Waals surface area contributed by atoms with Crippen molar-refractivity contribution >= 4 is 10.9 Å². The Labute approximate surface area is 153 Å². The molecule has 0 aliphatic rings. The summed E-state index contributed by atoms with van der Waals surface area (Å²) in [6.07, 6.45) is 0.597. The zero-order valence-electron chi connectivity index (χ0n) is 15.9. The smallest absolute Gasteiger partial charge is 0.180 e. The summed E-state index contributed by atoms with van der Waals surface area (Å²) >= 11 is 0. The molecule has 6 heteroatoms. The van der Waals surface area contributed by atoms with Gasteiger partial charge in [0.1, 0.15) is 5.52 Å². The van der Waals surface area contributed by atoms with Crippen LogP contribution < -0.4 is 0 Å². The van der Waals surface area contributed by atoms with Gasteiger partial charge in [0, 0.05) is 18.0 Å². The van der Waals surface area contributed by atoms with E-state index in [1.807, 2.05) is 25.6 Å². The molecule has 4 rings (SSSR count). The summed E-state index contributed by atoms with van der Waals surface area (Å²) in [6.45, 7) is 8.26. The molecule has 0 radical (unpaired) electrons. The largest absolute Gasteiger partial charge is 0.271 e. The Morgan fingerprint density at radius 2 is 1.85 bits per heavy atom. The van der Waals surface area contributed by atoms with E-state index in [1.54, 1.807) is 0 Å². The topological polar surface area (TPSA) is 72.3 Å². The van der Waals surface area contributed by atoms with E-state index in [1.165, 1.54) is 16.7 Å². The number of H-pyrrole nitrogens is 1. The Morgan fingerprint density at radius 1 is 1.04 bits per heavy atom. The van der Waals surface area contributed by atoms with Crippen LogP contribution in [-0.4, -0.2) is 30.4 Å². The molecule has 0 aliphatic heterocycles. The number of nitrogens with one attached hydrogen (secondary N) is 1. The van der Waals surface area contributed by atoms with Crippen LogP contribution in [0, 0.1) is 13.8 Å². The highest BCUT2D eigenvalue weighted by atomic mass is 15.5. The van der Waals surface area contributed by atoms with Gasteiger partial charge in [0.2, 0.25) is 0 Å². The second-order valence-electron chi connectivity index (χ2n) is 6.10. The molecule has 2 heterocycles. The van der Waals surface area contributed by atoms with E-state index in [-0.39, 0.29) is 0 Å². The summed E-state index contributed by atoms with van der Waals surface area (Å²) in [5.74, 6) is 0.664. The maximum atomic E-state index is 4.76. The normalized spacial score (nSPS) is 10.7. The Bertz CT molecular complexity index is 1010. The van der Waals surface area contributed by atoms with E-state index < -0.39 is 0 Å². The van der Waals surface area contributed by atoms with Crippen molar-refractivity contribution in [1.82, 2.24) is 30.4 Å². The molecule has 2 aromatic heterocycles. The van der Waals surface area contributed by atoms with Gasteiger partial charge >= 0.3 is 0 Å². The third-order valence-electron chi connectivity index (χ3n) is 4.37.